The van der Waals surface area contributed by atoms with E-state index in [1.165, 1.54) is 173 Å². The van der Waals surface area contributed by atoms with E-state index in [4.69, 9.17) is 9.05 Å². The number of unbranched alkanes of at least 4 members (excludes halogenated alkanes) is 31. The number of carbonyl (C=O) groups is 1. The van der Waals surface area contributed by atoms with Gasteiger partial charge in [0.05, 0.1) is 39.9 Å². The average molecular weight is 804 g/mol. The predicted octanol–water partition coefficient (Wildman–Crippen LogP) is 13.4. The van der Waals surface area contributed by atoms with E-state index in [9.17, 15) is 19.4 Å². The number of nitrogens with one attached hydrogen (secondary N) is 1. The lowest BCUT2D eigenvalue weighted by Gasteiger charge is -2.26. The van der Waals surface area contributed by atoms with Crippen LogP contribution < -0.4 is 5.32 Å². The molecule has 0 rings (SSSR count). The molecule has 0 aromatic heterocycles. The molecule has 0 aliphatic heterocycles. The number of nitrogens with zero attached hydrogens (tertiary/aromatic N) is 1. The van der Waals surface area contributed by atoms with Gasteiger partial charge in [-0.25, -0.2) is 4.57 Å². The van der Waals surface area contributed by atoms with Crippen molar-refractivity contribution in [2.24, 2.45) is 0 Å². The Morgan fingerprint density at radius 2 is 0.873 bits per heavy atom. The second-order valence-electron chi connectivity index (χ2n) is 17.9. The first kappa shape index (κ1) is 54.5. The molecule has 0 radical (unpaired) electrons. The van der Waals surface area contributed by atoms with Gasteiger partial charge in [0, 0.05) is 6.42 Å². The van der Waals surface area contributed by atoms with Crippen LogP contribution in [0.3, 0.4) is 0 Å². The van der Waals surface area contributed by atoms with Gasteiger partial charge in [-0.15, -0.1) is 0 Å². The van der Waals surface area contributed by atoms with Crippen molar-refractivity contribution in [2.45, 2.75) is 251 Å². The first-order valence-electron chi connectivity index (χ1n) is 23.9. The molecule has 3 atom stereocenters. The number of rotatable bonds is 44. The van der Waals surface area contributed by atoms with Crippen LogP contribution in [0.25, 0.3) is 0 Å². The zero-order chi connectivity index (χ0) is 40.7. The molecule has 0 aromatic rings. The molecule has 0 fully saturated rings. The third-order valence-electron chi connectivity index (χ3n) is 11.1. The van der Waals surface area contributed by atoms with Crippen LogP contribution in [0.4, 0.5) is 0 Å². The SMILES string of the molecule is CCCCCCCCCCCCCCCCCCCCCCCCCCCCCC(=O)NC(COP(=O)(O)OCC[N+](C)(C)C)C(O)CCCCCCCC. The lowest BCUT2D eigenvalue weighted by Crippen LogP contribution is -2.46. The fraction of sp³-hybridized carbons (Fsp3) is 0.978. The molecular formula is C46H96N2O6P+. The highest BCUT2D eigenvalue weighted by Gasteiger charge is 2.28. The molecule has 0 saturated carbocycles. The summed E-state index contributed by atoms with van der Waals surface area (Å²) in [5, 5.41) is 13.8. The Balaban J connectivity index is 3.89. The lowest BCUT2D eigenvalue weighted by molar-refractivity contribution is -0.870. The molecule has 0 heterocycles. The van der Waals surface area contributed by atoms with Crippen LogP contribution in [-0.4, -0.2) is 73.4 Å². The van der Waals surface area contributed by atoms with Gasteiger partial charge in [0.2, 0.25) is 5.91 Å². The number of carbonyl (C=O) groups excluding carboxylic acids is 1. The topological polar surface area (TPSA) is 105 Å². The Bertz CT molecular complexity index is 870. The van der Waals surface area contributed by atoms with E-state index in [2.05, 4.69) is 19.2 Å². The summed E-state index contributed by atoms with van der Waals surface area (Å²) < 4.78 is 23.5. The van der Waals surface area contributed by atoms with E-state index in [1.807, 2.05) is 21.1 Å². The number of hydrogen-bond acceptors (Lipinski definition) is 5. The second-order valence-corrected chi connectivity index (χ2v) is 19.3. The van der Waals surface area contributed by atoms with E-state index in [0.29, 0.717) is 23.9 Å². The standard InChI is InChI=1S/C46H95N2O6P/c1-6-8-10-12-14-15-16-17-18-19-20-21-22-23-24-25-26-27-28-29-30-31-32-33-34-36-38-40-46(50)47-44(45(49)39-37-35-13-11-9-7-2)43-54-55(51,52)53-42-41-48(3,4)5/h44-45,49H,6-43H2,1-5H3,(H-,47,50,51,52)/p+1. The van der Waals surface area contributed by atoms with Crippen LogP contribution in [0.1, 0.15) is 239 Å². The Kier molecular flexibility index (Phi) is 38.6. The predicted molar refractivity (Wildman–Crippen MR) is 236 cm³/mol. The molecule has 0 saturated heterocycles. The molecular weight excluding hydrogens is 707 g/mol. The number of quaternary nitrogens is 1. The molecule has 9 heteroatoms. The second kappa shape index (κ2) is 39.0. The third kappa shape index (κ3) is 41.5. The van der Waals surface area contributed by atoms with Gasteiger partial charge >= 0.3 is 7.82 Å². The first-order valence-corrected chi connectivity index (χ1v) is 25.4. The zero-order valence-electron chi connectivity index (χ0n) is 37.4. The molecule has 0 aliphatic rings. The summed E-state index contributed by atoms with van der Waals surface area (Å²) >= 11 is 0. The Morgan fingerprint density at radius 1 is 0.545 bits per heavy atom. The monoisotopic (exact) mass is 804 g/mol. The summed E-state index contributed by atoms with van der Waals surface area (Å²) in [6.07, 6.45) is 43.3. The van der Waals surface area contributed by atoms with Crippen molar-refractivity contribution in [3.63, 3.8) is 0 Å². The minimum absolute atomic E-state index is 0.0776. The van der Waals surface area contributed by atoms with Gasteiger partial charge in [-0.1, -0.05) is 219 Å². The molecule has 0 aromatic carbocycles. The summed E-state index contributed by atoms with van der Waals surface area (Å²) in [4.78, 5) is 23.0. The normalized spacial score (nSPS) is 14.2. The Hall–Kier alpha value is -0.500. The average Bonchev–Trinajstić information content (AvgIpc) is 3.13. The van der Waals surface area contributed by atoms with E-state index in [-0.39, 0.29) is 19.1 Å². The van der Waals surface area contributed by atoms with Gasteiger partial charge in [-0.05, 0) is 12.8 Å². The van der Waals surface area contributed by atoms with Crippen molar-refractivity contribution < 1.29 is 32.9 Å². The fourth-order valence-corrected chi connectivity index (χ4v) is 8.02. The van der Waals surface area contributed by atoms with Gasteiger partial charge in [0.1, 0.15) is 13.2 Å². The van der Waals surface area contributed by atoms with E-state index in [1.54, 1.807) is 0 Å². The highest BCUT2D eigenvalue weighted by atomic mass is 31.2. The molecule has 0 spiro atoms. The van der Waals surface area contributed by atoms with E-state index in [0.717, 1.165) is 38.5 Å². The number of phosphoric acid groups is 1. The smallest absolute Gasteiger partial charge is 0.391 e. The molecule has 8 nitrogen and oxygen atoms in total. The fourth-order valence-electron chi connectivity index (χ4n) is 7.28. The number of likely N-dealkylation sites (N-methyl/N-ethyl adjacent to an activating group) is 1. The van der Waals surface area contributed by atoms with Gasteiger partial charge in [0.25, 0.3) is 0 Å². The number of amides is 1. The Labute approximate surface area is 342 Å². The van der Waals surface area contributed by atoms with Crippen molar-refractivity contribution in [3.8, 4) is 0 Å². The summed E-state index contributed by atoms with van der Waals surface area (Å²) in [5.41, 5.74) is 0. The number of phosphoric ester groups is 1. The van der Waals surface area contributed by atoms with Crippen LogP contribution in [-0.2, 0) is 18.4 Å². The number of aliphatic hydroxyl groups excluding tert-OH is 1. The quantitative estimate of drug-likeness (QED) is 0.0322. The van der Waals surface area contributed by atoms with Gasteiger partial charge < -0.3 is 19.8 Å². The van der Waals surface area contributed by atoms with Crippen molar-refractivity contribution >= 4 is 13.7 Å². The van der Waals surface area contributed by atoms with Crippen molar-refractivity contribution in [3.05, 3.63) is 0 Å². The zero-order valence-corrected chi connectivity index (χ0v) is 38.3. The van der Waals surface area contributed by atoms with E-state index < -0.39 is 20.0 Å². The Morgan fingerprint density at radius 3 is 1.22 bits per heavy atom. The highest BCUT2D eigenvalue weighted by molar-refractivity contribution is 7.47. The largest absolute Gasteiger partial charge is 0.472 e. The minimum atomic E-state index is -4.30. The molecule has 1 amide bonds. The molecule has 0 aliphatic carbocycles. The number of aliphatic hydroxyl groups is 1. The number of hydrogen-bond donors (Lipinski definition) is 3. The minimum Gasteiger partial charge on any atom is -0.391 e. The first-order chi connectivity index (χ1) is 26.5. The maximum Gasteiger partial charge on any atom is 0.472 e. The summed E-state index contributed by atoms with van der Waals surface area (Å²) in [5.74, 6) is -0.145. The highest BCUT2D eigenvalue weighted by Crippen LogP contribution is 2.43. The van der Waals surface area contributed by atoms with Crippen LogP contribution in [0.5, 0.6) is 0 Å². The molecule has 330 valence electrons. The molecule has 0 bridgehead atoms. The van der Waals surface area contributed by atoms with Crippen LogP contribution in [0.15, 0.2) is 0 Å². The van der Waals surface area contributed by atoms with Crippen molar-refractivity contribution in [2.75, 3.05) is 40.9 Å². The molecule has 3 unspecified atom stereocenters. The maximum atomic E-state index is 12.8. The molecule has 55 heavy (non-hydrogen) atoms. The van der Waals surface area contributed by atoms with Crippen LogP contribution >= 0.6 is 7.82 Å². The van der Waals surface area contributed by atoms with Crippen molar-refractivity contribution in [1.82, 2.24) is 5.32 Å². The van der Waals surface area contributed by atoms with Gasteiger partial charge in [-0.2, -0.15) is 0 Å². The van der Waals surface area contributed by atoms with E-state index >= 15 is 0 Å². The summed E-state index contributed by atoms with van der Waals surface area (Å²) in [6.45, 7) is 4.85. The van der Waals surface area contributed by atoms with Crippen molar-refractivity contribution in [1.29, 1.82) is 0 Å². The maximum absolute atomic E-state index is 12.8. The van der Waals surface area contributed by atoms with Gasteiger partial charge in [-0.3, -0.25) is 13.8 Å². The van der Waals surface area contributed by atoms with Crippen LogP contribution in [0, 0.1) is 0 Å². The van der Waals surface area contributed by atoms with Gasteiger partial charge in [0.15, 0.2) is 0 Å². The summed E-state index contributed by atoms with van der Waals surface area (Å²) in [7, 11) is 1.62. The molecule has 3 N–H and O–H groups in total. The lowest BCUT2D eigenvalue weighted by atomic mass is 10.0. The summed E-state index contributed by atoms with van der Waals surface area (Å²) in [6, 6.07) is -0.750. The van der Waals surface area contributed by atoms with Crippen LogP contribution in [0.2, 0.25) is 0 Å². The third-order valence-corrected chi connectivity index (χ3v) is 12.1.